The highest BCUT2D eigenvalue weighted by atomic mass is 32.2. The Morgan fingerprint density at radius 2 is 1.78 bits per heavy atom. The van der Waals surface area contributed by atoms with Crippen LogP contribution in [0.3, 0.4) is 0 Å². The molecule has 2 saturated heterocycles. The SMILES string of the molecule is O=S(=O)(c1ccccc1)N1CCC(c2nc(CC3CCNCC3)no2)CC1. The van der Waals surface area contributed by atoms with Gasteiger partial charge >= 0.3 is 0 Å². The molecular weight excluding hydrogens is 364 g/mol. The summed E-state index contributed by atoms with van der Waals surface area (Å²) in [4.78, 5) is 4.96. The van der Waals surface area contributed by atoms with E-state index in [2.05, 4.69) is 15.5 Å². The predicted octanol–water partition coefficient (Wildman–Crippen LogP) is 2.18. The second-order valence-corrected chi connectivity index (χ2v) is 9.38. The molecule has 0 atom stereocenters. The average molecular weight is 391 g/mol. The van der Waals surface area contributed by atoms with Crippen molar-refractivity contribution in [2.75, 3.05) is 26.2 Å². The molecule has 0 bridgehead atoms. The van der Waals surface area contributed by atoms with Crippen LogP contribution in [0.25, 0.3) is 0 Å². The van der Waals surface area contributed by atoms with E-state index < -0.39 is 10.0 Å². The van der Waals surface area contributed by atoms with Gasteiger partial charge in [-0.2, -0.15) is 9.29 Å². The molecular formula is C19H26N4O3S. The minimum Gasteiger partial charge on any atom is -0.339 e. The minimum atomic E-state index is -3.42. The molecule has 0 unspecified atom stereocenters. The first kappa shape index (κ1) is 18.6. The van der Waals surface area contributed by atoms with E-state index in [9.17, 15) is 8.42 Å². The number of aromatic nitrogens is 2. The Bertz CT molecular complexity index is 839. The molecule has 8 heteroatoms. The Kier molecular flexibility index (Phi) is 5.56. The first-order valence-corrected chi connectivity index (χ1v) is 11.2. The fraction of sp³-hybridized carbons (Fsp3) is 0.579. The van der Waals surface area contributed by atoms with Crippen LogP contribution < -0.4 is 5.32 Å². The molecule has 4 rings (SSSR count). The molecule has 2 aliphatic heterocycles. The third-order valence-corrected chi connectivity index (χ3v) is 7.51. The number of hydrogen-bond donors (Lipinski definition) is 1. The van der Waals surface area contributed by atoms with Crippen LogP contribution in [0.5, 0.6) is 0 Å². The van der Waals surface area contributed by atoms with E-state index >= 15 is 0 Å². The van der Waals surface area contributed by atoms with Gasteiger partial charge in [-0.1, -0.05) is 23.4 Å². The van der Waals surface area contributed by atoms with Crippen molar-refractivity contribution in [3.8, 4) is 0 Å². The van der Waals surface area contributed by atoms with E-state index in [1.54, 1.807) is 28.6 Å². The van der Waals surface area contributed by atoms with Gasteiger partial charge in [-0.15, -0.1) is 0 Å². The van der Waals surface area contributed by atoms with Gasteiger partial charge in [0.15, 0.2) is 5.82 Å². The van der Waals surface area contributed by atoms with Gasteiger partial charge in [-0.05, 0) is 56.8 Å². The van der Waals surface area contributed by atoms with Crippen LogP contribution in [0.15, 0.2) is 39.8 Å². The van der Waals surface area contributed by atoms with Gasteiger partial charge in [-0.3, -0.25) is 0 Å². The van der Waals surface area contributed by atoms with Crippen LogP contribution in [0, 0.1) is 5.92 Å². The number of piperidine rings is 2. The van der Waals surface area contributed by atoms with Crippen LogP contribution >= 0.6 is 0 Å². The standard InChI is InChI=1S/C19H26N4O3S/c24-27(25,17-4-2-1-3-5-17)23-12-8-16(9-13-23)19-21-18(22-26-19)14-15-6-10-20-11-7-15/h1-5,15-16,20H,6-14H2. The molecule has 0 aliphatic carbocycles. The first-order chi connectivity index (χ1) is 13.1. The fourth-order valence-corrected chi connectivity index (χ4v) is 5.44. The average Bonchev–Trinajstić information content (AvgIpc) is 3.18. The van der Waals surface area contributed by atoms with Gasteiger partial charge in [0.25, 0.3) is 0 Å². The van der Waals surface area contributed by atoms with Gasteiger partial charge in [0, 0.05) is 25.4 Å². The zero-order valence-corrected chi connectivity index (χ0v) is 16.2. The van der Waals surface area contributed by atoms with Crippen LogP contribution in [0.2, 0.25) is 0 Å². The lowest BCUT2D eigenvalue weighted by Crippen LogP contribution is -2.37. The summed E-state index contributed by atoms with van der Waals surface area (Å²) >= 11 is 0. The third kappa shape index (κ3) is 4.23. The largest absolute Gasteiger partial charge is 0.339 e. The summed E-state index contributed by atoms with van der Waals surface area (Å²) in [5.74, 6) is 2.21. The van der Waals surface area contributed by atoms with Crippen molar-refractivity contribution >= 4 is 10.0 Å². The molecule has 2 aromatic rings. The quantitative estimate of drug-likeness (QED) is 0.842. The summed E-state index contributed by atoms with van der Waals surface area (Å²) in [6.07, 6.45) is 4.59. The zero-order valence-electron chi connectivity index (χ0n) is 15.4. The van der Waals surface area contributed by atoms with E-state index in [0.717, 1.165) is 38.2 Å². The highest BCUT2D eigenvalue weighted by molar-refractivity contribution is 7.89. The van der Waals surface area contributed by atoms with Crippen molar-refractivity contribution in [2.24, 2.45) is 5.92 Å². The van der Waals surface area contributed by atoms with Gasteiger partial charge in [0.1, 0.15) is 0 Å². The Morgan fingerprint density at radius 1 is 1.07 bits per heavy atom. The smallest absolute Gasteiger partial charge is 0.243 e. The molecule has 2 fully saturated rings. The van der Waals surface area contributed by atoms with E-state index in [0.29, 0.717) is 42.6 Å². The summed E-state index contributed by atoms with van der Waals surface area (Å²) in [6.45, 7) is 3.08. The number of nitrogens with one attached hydrogen (secondary N) is 1. The number of benzene rings is 1. The zero-order chi connectivity index (χ0) is 18.7. The lowest BCUT2D eigenvalue weighted by Gasteiger charge is -2.29. The topological polar surface area (TPSA) is 88.3 Å². The molecule has 146 valence electrons. The minimum absolute atomic E-state index is 0.140. The molecule has 0 spiro atoms. The molecule has 0 amide bonds. The molecule has 27 heavy (non-hydrogen) atoms. The second kappa shape index (κ2) is 8.08. The van der Waals surface area contributed by atoms with Crippen LogP contribution in [-0.2, 0) is 16.4 Å². The Hall–Kier alpha value is -1.77. The molecule has 1 aromatic carbocycles. The maximum Gasteiger partial charge on any atom is 0.243 e. The Balaban J connectivity index is 1.35. The third-order valence-electron chi connectivity index (χ3n) is 5.60. The van der Waals surface area contributed by atoms with Gasteiger partial charge < -0.3 is 9.84 Å². The van der Waals surface area contributed by atoms with Gasteiger partial charge in [0.05, 0.1) is 4.90 Å². The maximum absolute atomic E-state index is 12.7. The summed E-state index contributed by atoms with van der Waals surface area (Å²) < 4.78 is 32.5. The molecule has 0 radical (unpaired) electrons. The normalized spacial score (nSPS) is 20.7. The Labute approximate surface area is 160 Å². The van der Waals surface area contributed by atoms with E-state index in [4.69, 9.17) is 4.52 Å². The number of nitrogens with zero attached hydrogens (tertiary/aromatic N) is 3. The van der Waals surface area contributed by atoms with Crippen molar-refractivity contribution < 1.29 is 12.9 Å². The van der Waals surface area contributed by atoms with Crippen LogP contribution in [0.1, 0.15) is 43.3 Å². The van der Waals surface area contributed by atoms with Crippen molar-refractivity contribution in [1.82, 2.24) is 19.8 Å². The predicted molar refractivity (Wildman–Crippen MR) is 101 cm³/mol. The van der Waals surface area contributed by atoms with Gasteiger partial charge in [0.2, 0.25) is 15.9 Å². The Morgan fingerprint density at radius 3 is 2.48 bits per heavy atom. The number of rotatable bonds is 5. The maximum atomic E-state index is 12.7. The molecule has 7 nitrogen and oxygen atoms in total. The lowest BCUT2D eigenvalue weighted by molar-refractivity contribution is 0.269. The van der Waals surface area contributed by atoms with E-state index in [1.165, 1.54) is 0 Å². The van der Waals surface area contributed by atoms with Crippen molar-refractivity contribution in [1.29, 1.82) is 0 Å². The van der Waals surface area contributed by atoms with Crippen molar-refractivity contribution in [2.45, 2.75) is 42.9 Å². The fourth-order valence-electron chi connectivity index (χ4n) is 3.94. The van der Waals surface area contributed by atoms with Crippen molar-refractivity contribution in [3.63, 3.8) is 0 Å². The first-order valence-electron chi connectivity index (χ1n) is 9.71. The van der Waals surface area contributed by atoms with Crippen LogP contribution in [-0.4, -0.2) is 49.0 Å². The number of hydrogen-bond acceptors (Lipinski definition) is 6. The molecule has 2 aliphatic rings. The highest BCUT2D eigenvalue weighted by Gasteiger charge is 2.32. The monoisotopic (exact) mass is 390 g/mol. The van der Waals surface area contributed by atoms with Gasteiger partial charge in [-0.25, -0.2) is 8.42 Å². The summed E-state index contributed by atoms with van der Waals surface area (Å²) in [5.41, 5.74) is 0. The van der Waals surface area contributed by atoms with Crippen LogP contribution in [0.4, 0.5) is 0 Å². The summed E-state index contributed by atoms with van der Waals surface area (Å²) in [7, 11) is -3.42. The highest BCUT2D eigenvalue weighted by Crippen LogP contribution is 2.30. The molecule has 3 heterocycles. The summed E-state index contributed by atoms with van der Waals surface area (Å²) in [6, 6.07) is 8.62. The van der Waals surface area contributed by atoms with Crippen molar-refractivity contribution in [3.05, 3.63) is 42.0 Å². The molecule has 1 N–H and O–H groups in total. The second-order valence-electron chi connectivity index (χ2n) is 7.44. The number of sulfonamides is 1. The molecule has 0 saturated carbocycles. The molecule has 1 aromatic heterocycles. The summed E-state index contributed by atoms with van der Waals surface area (Å²) in [5, 5.41) is 7.53. The van der Waals surface area contributed by atoms with E-state index in [-0.39, 0.29) is 5.92 Å². The van der Waals surface area contributed by atoms with E-state index in [1.807, 2.05) is 6.07 Å². The lowest BCUT2D eigenvalue weighted by atomic mass is 9.94.